The Morgan fingerprint density at radius 1 is 0.862 bits per heavy atom. The van der Waals surface area contributed by atoms with Crippen molar-refractivity contribution in [1.82, 2.24) is 36.4 Å². The molecule has 6 N–H and O–H groups in total. The molecule has 1 aliphatic carbocycles. The number of aliphatic hydroxyl groups is 1. The number of cyclic esters (lactones) is 1. The van der Waals surface area contributed by atoms with Crippen LogP contribution in [0.15, 0.2) is 103 Å². The summed E-state index contributed by atoms with van der Waals surface area (Å²) in [6.45, 7) is 4.42. The van der Waals surface area contributed by atoms with Crippen molar-refractivity contribution in [3.8, 4) is 0 Å². The highest BCUT2D eigenvalue weighted by Crippen LogP contribution is 2.40. The van der Waals surface area contributed by atoms with Crippen LogP contribution in [0.2, 0.25) is 0 Å². The van der Waals surface area contributed by atoms with Crippen molar-refractivity contribution in [1.29, 1.82) is 0 Å². The van der Waals surface area contributed by atoms with Crippen LogP contribution in [0.25, 0.3) is 0 Å². The molecule has 1 unspecified atom stereocenters. The Labute approximate surface area is 377 Å². The zero-order valence-corrected chi connectivity index (χ0v) is 36.9. The molecular formula is C47H57N7O11. The van der Waals surface area contributed by atoms with E-state index in [4.69, 9.17) is 4.74 Å². The predicted octanol–water partition coefficient (Wildman–Crippen LogP) is 1.07. The van der Waals surface area contributed by atoms with Crippen molar-refractivity contribution >= 4 is 53.0 Å². The molecular weight excluding hydrogens is 839 g/mol. The first kappa shape index (κ1) is 49.1. The van der Waals surface area contributed by atoms with Crippen molar-refractivity contribution in [2.75, 3.05) is 26.7 Å². The molecule has 7 atom stereocenters. The molecule has 3 saturated heterocycles. The van der Waals surface area contributed by atoms with Gasteiger partial charge in [0, 0.05) is 44.5 Å². The van der Waals surface area contributed by atoms with Crippen LogP contribution in [-0.4, -0.2) is 130 Å². The van der Waals surface area contributed by atoms with Crippen molar-refractivity contribution in [2.24, 2.45) is 5.92 Å². The van der Waals surface area contributed by atoms with Gasteiger partial charge < -0.3 is 46.2 Å². The molecule has 1 spiro atoms. The fraction of sp³-hybridized carbons (Fsp3) is 0.426. The largest absolute Gasteiger partial charge is 0.510 e. The monoisotopic (exact) mass is 895 g/mol. The zero-order chi connectivity index (χ0) is 47.3. The van der Waals surface area contributed by atoms with Gasteiger partial charge in [0.1, 0.15) is 36.2 Å². The number of Topliss-reactive ketones (excluding diaryl/α,β-unsaturated/α-hetero) is 2. The second-order valence-corrected chi connectivity index (χ2v) is 16.4. The van der Waals surface area contributed by atoms with Gasteiger partial charge in [-0.1, -0.05) is 85.9 Å². The van der Waals surface area contributed by atoms with Crippen LogP contribution >= 0.6 is 0 Å². The van der Waals surface area contributed by atoms with Gasteiger partial charge in [-0.25, -0.2) is 4.79 Å². The van der Waals surface area contributed by atoms with Gasteiger partial charge in [0.15, 0.2) is 11.6 Å². The summed E-state index contributed by atoms with van der Waals surface area (Å²) >= 11 is 0. The zero-order valence-electron chi connectivity index (χ0n) is 36.9. The van der Waals surface area contributed by atoms with Crippen molar-refractivity contribution in [3.05, 3.63) is 108 Å². The minimum absolute atomic E-state index is 0.0287. The van der Waals surface area contributed by atoms with E-state index >= 15 is 0 Å². The number of allylic oxidation sites excluding steroid dienone is 10. The molecule has 1 aromatic rings. The Kier molecular flexibility index (Phi) is 17.1. The van der Waals surface area contributed by atoms with Crippen LogP contribution in [0.4, 0.5) is 0 Å². The number of nitrogens with one attached hydrogen (secondary N) is 5. The number of rotatable bonds is 16. The molecule has 3 aliphatic heterocycles. The van der Waals surface area contributed by atoms with E-state index in [1.807, 2.05) is 0 Å². The summed E-state index contributed by atoms with van der Waals surface area (Å²) in [6, 6.07) is 3.46. The topological polar surface area (TPSA) is 250 Å². The first-order chi connectivity index (χ1) is 31.1. The van der Waals surface area contributed by atoms with E-state index in [0.717, 1.165) is 0 Å². The molecule has 1 aromatic carbocycles. The maximum atomic E-state index is 14.6. The van der Waals surface area contributed by atoms with E-state index in [0.29, 0.717) is 12.0 Å². The molecule has 0 bridgehead atoms. The number of amides is 6. The molecule has 4 aliphatic rings. The molecule has 6 amide bonds. The molecule has 3 heterocycles. The van der Waals surface area contributed by atoms with Gasteiger partial charge in [-0.05, 0) is 51.6 Å². The Bertz CT molecular complexity index is 2210. The number of nitrogens with zero attached hydrogens (tertiary/aromatic N) is 2. The Balaban J connectivity index is 1.25. The number of aliphatic hydroxyl groups excluding tert-OH is 1. The number of likely N-dealkylation sites (N-methyl/N-ethyl adjacent to an activating group) is 1. The fourth-order valence-electron chi connectivity index (χ4n) is 8.12. The number of hydrogen-bond donors (Lipinski definition) is 6. The molecule has 346 valence electrons. The normalized spacial score (nSPS) is 24.2. The van der Waals surface area contributed by atoms with Gasteiger partial charge in [0.25, 0.3) is 0 Å². The van der Waals surface area contributed by atoms with Crippen LogP contribution < -0.4 is 26.6 Å². The average molecular weight is 896 g/mol. The number of benzene rings is 1. The highest BCUT2D eigenvalue weighted by molar-refractivity contribution is 6.15. The minimum Gasteiger partial charge on any atom is -0.510 e. The molecule has 5 rings (SSSR count). The molecule has 18 heteroatoms. The molecule has 0 saturated carbocycles. The van der Waals surface area contributed by atoms with Gasteiger partial charge >= 0.3 is 5.97 Å². The smallest absolute Gasteiger partial charge is 0.340 e. The number of fused-ring (bicyclic) bond motifs is 1. The van der Waals surface area contributed by atoms with Gasteiger partial charge in [0.05, 0.1) is 12.1 Å². The van der Waals surface area contributed by atoms with Crippen molar-refractivity contribution in [3.63, 3.8) is 0 Å². The number of carbonyl (C=O) groups is 9. The fourth-order valence-corrected chi connectivity index (χ4v) is 8.12. The lowest BCUT2D eigenvalue weighted by molar-refractivity contribution is -0.167. The molecule has 0 aromatic heterocycles. The maximum Gasteiger partial charge on any atom is 0.340 e. The van der Waals surface area contributed by atoms with Gasteiger partial charge in [0.2, 0.25) is 41.0 Å². The number of esters is 1. The summed E-state index contributed by atoms with van der Waals surface area (Å²) in [4.78, 5) is 123. The number of ether oxygens (including phenoxy) is 1. The van der Waals surface area contributed by atoms with Crippen LogP contribution in [-0.2, 0) is 54.3 Å². The third-order valence-corrected chi connectivity index (χ3v) is 11.6. The predicted molar refractivity (Wildman–Crippen MR) is 237 cm³/mol. The second-order valence-electron chi connectivity index (χ2n) is 16.4. The third kappa shape index (κ3) is 12.2. The standard InChI is InChI=1S/C47H57N7O11/c1-29-26-47(54(27-29)44(62)31(3)49-42(60)30(2)48-4)41(59)35-19-16-24-53(35)45(63)34(28-65-46(47)64)51-43(61)33(25-32-17-12-11-13-18-32)50-38(57)20-14-9-7-5-6-8-10-15-21-39(58)52-40-36(55)22-23-37(40)56/h5-15,17-18,20-21,29-31,33-35,48,55H,16,19,22-28H2,1-4H3,(H,49,60)(H,50,57)(H,51,61)(H,52,58)/b6-5+,9-7+,10-8+,20-14+,21-15+/t29-,30+,31+,33+,34+,35+,47?/m1/s1. The molecule has 0 radical (unpaired) electrons. The van der Waals surface area contributed by atoms with Crippen LogP contribution in [0.5, 0.6) is 0 Å². The van der Waals surface area contributed by atoms with Gasteiger partial charge in [-0.15, -0.1) is 0 Å². The molecule has 18 nitrogen and oxygen atoms in total. The van der Waals surface area contributed by atoms with E-state index in [2.05, 4.69) is 26.6 Å². The van der Waals surface area contributed by atoms with Gasteiger partial charge in [-0.2, -0.15) is 0 Å². The highest BCUT2D eigenvalue weighted by atomic mass is 16.5. The van der Waals surface area contributed by atoms with Crippen LogP contribution in [0, 0.1) is 5.92 Å². The highest BCUT2D eigenvalue weighted by Gasteiger charge is 2.62. The second kappa shape index (κ2) is 22.6. The molecule has 3 fully saturated rings. The quantitative estimate of drug-likeness (QED) is 0.0591. The number of ketones is 2. The van der Waals surface area contributed by atoms with E-state index in [1.165, 1.54) is 41.0 Å². The SMILES string of the molecule is CN[C@@H](C)C(=O)N[C@@H](C)C(=O)N1C[C@H](C)CC12C(=O)OC[C@H](NC(=O)[C@H](Cc1ccccc1)NC(=O)/C=C/C=C/C=C/C=C/C=C/C(=O)NC1=C(O)CCC1=O)C(=O)N1CCC[C@H]1C2=O. The number of hydrogen-bond acceptors (Lipinski definition) is 12. The lowest BCUT2D eigenvalue weighted by Crippen LogP contribution is -2.65. The van der Waals surface area contributed by atoms with Crippen molar-refractivity contribution < 1.29 is 53.0 Å². The Hall–Kier alpha value is -6.95. The summed E-state index contributed by atoms with van der Waals surface area (Å²) in [6.07, 6.45) is 16.1. The first-order valence-corrected chi connectivity index (χ1v) is 21.6. The van der Waals surface area contributed by atoms with Crippen LogP contribution in [0.3, 0.4) is 0 Å². The average Bonchev–Trinajstić information content (AvgIpc) is 4.01. The molecule has 65 heavy (non-hydrogen) atoms. The third-order valence-electron chi connectivity index (χ3n) is 11.6. The van der Waals surface area contributed by atoms with E-state index in [1.54, 1.807) is 87.7 Å². The van der Waals surface area contributed by atoms with E-state index in [9.17, 15) is 48.3 Å². The Morgan fingerprint density at radius 3 is 2.14 bits per heavy atom. The summed E-state index contributed by atoms with van der Waals surface area (Å²) < 4.78 is 5.73. The van der Waals surface area contributed by atoms with E-state index < -0.39 is 89.6 Å². The first-order valence-electron chi connectivity index (χ1n) is 21.6. The van der Waals surface area contributed by atoms with Crippen molar-refractivity contribution in [2.45, 2.75) is 95.0 Å². The summed E-state index contributed by atoms with van der Waals surface area (Å²) in [5.74, 6) is -6.14. The lowest BCUT2D eigenvalue weighted by atomic mass is 9.83. The Morgan fingerprint density at radius 2 is 1.51 bits per heavy atom. The number of carbonyl (C=O) groups excluding carboxylic acids is 9. The van der Waals surface area contributed by atoms with E-state index in [-0.39, 0.29) is 68.4 Å². The van der Waals surface area contributed by atoms with Gasteiger partial charge in [-0.3, -0.25) is 38.4 Å². The van der Waals surface area contributed by atoms with Crippen LogP contribution in [0.1, 0.15) is 58.4 Å². The summed E-state index contributed by atoms with van der Waals surface area (Å²) in [5, 5.41) is 22.9. The maximum absolute atomic E-state index is 14.6. The summed E-state index contributed by atoms with van der Waals surface area (Å²) in [7, 11) is 1.59. The number of likely N-dealkylation sites (tertiary alicyclic amines) is 1. The summed E-state index contributed by atoms with van der Waals surface area (Å²) in [5.41, 5.74) is -1.45. The lowest BCUT2D eigenvalue weighted by Gasteiger charge is -2.38. The minimum atomic E-state index is -2.08.